The van der Waals surface area contributed by atoms with E-state index in [0.717, 1.165) is 10.0 Å². The molecule has 3 heteroatoms. The van der Waals surface area contributed by atoms with Crippen molar-refractivity contribution < 1.29 is 0 Å². The lowest BCUT2D eigenvalue weighted by Crippen LogP contribution is -2.28. The molecule has 0 fully saturated rings. The number of rotatable bonds is 1. The molecular weight excluding hydrogens is 237 g/mol. The van der Waals surface area contributed by atoms with Crippen molar-refractivity contribution in [3.8, 4) is 0 Å². The summed E-state index contributed by atoms with van der Waals surface area (Å²) in [6, 6.07) is 5.70. The Hall–Kier alpha value is -0.0500. The van der Waals surface area contributed by atoms with E-state index in [4.69, 9.17) is 17.3 Å². The largest absolute Gasteiger partial charge is 0.322 e. The number of hydrogen-bond acceptors (Lipinski definition) is 1. The Labute approximate surface area is 86.0 Å². The van der Waals surface area contributed by atoms with Gasteiger partial charge in [-0.25, -0.2) is 0 Å². The van der Waals surface area contributed by atoms with E-state index in [-0.39, 0.29) is 5.54 Å². The van der Waals surface area contributed by atoms with E-state index in [0.29, 0.717) is 5.02 Å². The highest BCUT2D eigenvalue weighted by Gasteiger charge is 2.14. The first-order chi connectivity index (χ1) is 5.39. The molecule has 1 aromatic rings. The lowest BCUT2D eigenvalue weighted by atomic mass is 9.96. The minimum Gasteiger partial charge on any atom is -0.322 e. The molecule has 0 radical (unpaired) electrons. The highest BCUT2D eigenvalue weighted by Crippen LogP contribution is 2.25. The average Bonchev–Trinajstić information content (AvgIpc) is 1.82. The fourth-order valence-corrected chi connectivity index (χ4v) is 1.79. The first-order valence-electron chi connectivity index (χ1n) is 3.65. The second-order valence-corrected chi connectivity index (χ2v) is 4.73. The molecule has 0 saturated carbocycles. The number of halogens is 2. The maximum absolute atomic E-state index is 5.92. The molecule has 66 valence electrons. The fourth-order valence-electron chi connectivity index (χ4n) is 0.926. The summed E-state index contributed by atoms with van der Waals surface area (Å²) in [6.45, 7) is 3.90. The lowest BCUT2D eigenvalue weighted by Gasteiger charge is -2.19. The zero-order chi connectivity index (χ0) is 9.35. The van der Waals surface area contributed by atoms with Gasteiger partial charge in [-0.2, -0.15) is 0 Å². The summed E-state index contributed by atoms with van der Waals surface area (Å²) in [5, 5.41) is 0.706. The van der Waals surface area contributed by atoms with Gasteiger partial charge in [-0.15, -0.1) is 0 Å². The van der Waals surface area contributed by atoms with Crippen LogP contribution in [0.5, 0.6) is 0 Å². The molecule has 0 bridgehead atoms. The van der Waals surface area contributed by atoms with Gasteiger partial charge in [0.05, 0.1) is 0 Å². The molecule has 12 heavy (non-hydrogen) atoms. The van der Waals surface area contributed by atoms with Crippen LogP contribution < -0.4 is 5.73 Å². The van der Waals surface area contributed by atoms with Crippen molar-refractivity contribution in [1.29, 1.82) is 0 Å². The molecule has 0 aromatic heterocycles. The standard InChI is InChI=1S/C9H11BrClN/c1-9(2,12)6-3-7(10)5-8(11)4-6/h3-5H,12H2,1-2H3. The molecule has 1 aromatic carbocycles. The van der Waals surface area contributed by atoms with Crippen molar-refractivity contribution in [3.63, 3.8) is 0 Å². The summed E-state index contributed by atoms with van der Waals surface area (Å²) in [6.07, 6.45) is 0. The Bertz CT molecular complexity index is 271. The molecule has 0 heterocycles. The Morgan fingerprint density at radius 3 is 2.33 bits per heavy atom. The average molecular weight is 249 g/mol. The van der Waals surface area contributed by atoms with E-state index in [1.54, 1.807) is 0 Å². The van der Waals surface area contributed by atoms with Crippen LogP contribution in [0.15, 0.2) is 22.7 Å². The zero-order valence-corrected chi connectivity index (χ0v) is 9.41. The zero-order valence-electron chi connectivity index (χ0n) is 7.07. The van der Waals surface area contributed by atoms with E-state index in [1.807, 2.05) is 32.0 Å². The van der Waals surface area contributed by atoms with Crippen molar-refractivity contribution in [3.05, 3.63) is 33.3 Å². The van der Waals surface area contributed by atoms with Crippen LogP contribution in [-0.4, -0.2) is 0 Å². The molecule has 0 atom stereocenters. The molecule has 1 nitrogen and oxygen atoms in total. The SMILES string of the molecule is CC(C)(N)c1cc(Cl)cc(Br)c1. The monoisotopic (exact) mass is 247 g/mol. The van der Waals surface area contributed by atoms with Crippen LogP contribution >= 0.6 is 27.5 Å². The third kappa shape index (κ3) is 2.47. The van der Waals surface area contributed by atoms with Crippen LogP contribution in [0.4, 0.5) is 0 Å². The lowest BCUT2D eigenvalue weighted by molar-refractivity contribution is 0.554. The van der Waals surface area contributed by atoms with Crippen molar-refractivity contribution in [2.45, 2.75) is 19.4 Å². The van der Waals surface area contributed by atoms with Gasteiger partial charge in [-0.1, -0.05) is 27.5 Å². The smallest absolute Gasteiger partial charge is 0.0420 e. The van der Waals surface area contributed by atoms with Crippen LogP contribution in [0.1, 0.15) is 19.4 Å². The van der Waals surface area contributed by atoms with Crippen LogP contribution in [-0.2, 0) is 5.54 Å². The number of hydrogen-bond donors (Lipinski definition) is 1. The highest BCUT2D eigenvalue weighted by molar-refractivity contribution is 9.10. The molecule has 0 spiro atoms. The quantitative estimate of drug-likeness (QED) is 0.811. The van der Waals surface area contributed by atoms with Crippen LogP contribution in [0.25, 0.3) is 0 Å². The molecule has 0 amide bonds. The van der Waals surface area contributed by atoms with Gasteiger partial charge in [0.1, 0.15) is 0 Å². The van der Waals surface area contributed by atoms with Gasteiger partial charge in [-0.05, 0) is 37.6 Å². The topological polar surface area (TPSA) is 26.0 Å². The Morgan fingerprint density at radius 1 is 1.33 bits per heavy atom. The first kappa shape index (κ1) is 10.0. The Kier molecular flexibility index (Phi) is 2.81. The van der Waals surface area contributed by atoms with Crippen molar-refractivity contribution >= 4 is 27.5 Å². The molecule has 1 rings (SSSR count). The van der Waals surface area contributed by atoms with Crippen molar-refractivity contribution in [1.82, 2.24) is 0 Å². The minimum absolute atomic E-state index is 0.340. The molecule has 0 aliphatic rings. The van der Waals surface area contributed by atoms with Gasteiger partial charge in [0, 0.05) is 15.0 Å². The van der Waals surface area contributed by atoms with E-state index < -0.39 is 0 Å². The molecule has 0 unspecified atom stereocenters. The van der Waals surface area contributed by atoms with E-state index in [2.05, 4.69) is 15.9 Å². The van der Waals surface area contributed by atoms with Crippen LogP contribution in [0, 0.1) is 0 Å². The molecule has 0 saturated heterocycles. The molecule has 2 N–H and O–H groups in total. The summed E-state index contributed by atoms with van der Waals surface area (Å²) >= 11 is 9.24. The third-order valence-corrected chi connectivity index (χ3v) is 2.28. The number of benzene rings is 1. The Balaban J connectivity index is 3.18. The van der Waals surface area contributed by atoms with Gasteiger partial charge >= 0.3 is 0 Å². The second-order valence-electron chi connectivity index (χ2n) is 3.38. The predicted molar refractivity (Wildman–Crippen MR) is 56.4 cm³/mol. The predicted octanol–water partition coefficient (Wildman–Crippen LogP) is 3.30. The van der Waals surface area contributed by atoms with Crippen LogP contribution in [0.3, 0.4) is 0 Å². The maximum atomic E-state index is 5.92. The van der Waals surface area contributed by atoms with Gasteiger partial charge in [-0.3, -0.25) is 0 Å². The maximum Gasteiger partial charge on any atom is 0.0420 e. The van der Waals surface area contributed by atoms with Gasteiger partial charge in [0.15, 0.2) is 0 Å². The van der Waals surface area contributed by atoms with Crippen LogP contribution in [0.2, 0.25) is 5.02 Å². The minimum atomic E-state index is -0.340. The van der Waals surface area contributed by atoms with E-state index in [1.165, 1.54) is 0 Å². The molecule has 0 aliphatic carbocycles. The Morgan fingerprint density at radius 2 is 1.92 bits per heavy atom. The molecule has 0 aliphatic heterocycles. The summed E-state index contributed by atoms with van der Waals surface area (Å²) in [5.41, 5.74) is 6.60. The second kappa shape index (κ2) is 3.36. The normalized spacial score (nSPS) is 11.8. The summed E-state index contributed by atoms with van der Waals surface area (Å²) in [7, 11) is 0. The van der Waals surface area contributed by atoms with E-state index >= 15 is 0 Å². The number of nitrogens with two attached hydrogens (primary N) is 1. The van der Waals surface area contributed by atoms with Gasteiger partial charge in [0.25, 0.3) is 0 Å². The van der Waals surface area contributed by atoms with Gasteiger partial charge in [0.2, 0.25) is 0 Å². The highest BCUT2D eigenvalue weighted by atomic mass is 79.9. The van der Waals surface area contributed by atoms with Gasteiger partial charge < -0.3 is 5.73 Å². The first-order valence-corrected chi connectivity index (χ1v) is 4.82. The fraction of sp³-hybridized carbons (Fsp3) is 0.333. The van der Waals surface area contributed by atoms with Crippen molar-refractivity contribution in [2.75, 3.05) is 0 Å². The summed E-state index contributed by atoms with van der Waals surface area (Å²) in [4.78, 5) is 0. The summed E-state index contributed by atoms with van der Waals surface area (Å²) in [5.74, 6) is 0. The van der Waals surface area contributed by atoms with Crippen molar-refractivity contribution in [2.24, 2.45) is 5.73 Å². The summed E-state index contributed by atoms with van der Waals surface area (Å²) < 4.78 is 0.962. The van der Waals surface area contributed by atoms with E-state index in [9.17, 15) is 0 Å². The third-order valence-electron chi connectivity index (χ3n) is 1.61. The molecular formula is C9H11BrClN.